The first-order chi connectivity index (χ1) is 9.22. The number of hydrogen-bond donors (Lipinski definition) is 0. The fourth-order valence-corrected chi connectivity index (χ4v) is 2.47. The zero-order valence-corrected chi connectivity index (χ0v) is 11.4. The number of halogens is 1. The summed E-state index contributed by atoms with van der Waals surface area (Å²) < 4.78 is 4.72. The van der Waals surface area contributed by atoms with Crippen molar-refractivity contribution in [3.8, 4) is 0 Å². The van der Waals surface area contributed by atoms with E-state index in [1.54, 1.807) is 18.2 Å². The highest BCUT2D eigenvalue weighted by Crippen LogP contribution is 2.31. The number of carbonyl (C=O) groups is 2. The van der Waals surface area contributed by atoms with Crippen LogP contribution in [0.25, 0.3) is 16.8 Å². The third-order valence-electron chi connectivity index (χ3n) is 3.09. The van der Waals surface area contributed by atoms with Crippen LogP contribution in [0.4, 0.5) is 0 Å². The Morgan fingerprint density at radius 3 is 2.53 bits per heavy atom. The maximum atomic E-state index is 11.7. The van der Waals surface area contributed by atoms with Gasteiger partial charge in [0.25, 0.3) is 0 Å². The van der Waals surface area contributed by atoms with Crippen molar-refractivity contribution in [1.29, 1.82) is 0 Å². The van der Waals surface area contributed by atoms with Gasteiger partial charge in [0.15, 0.2) is 0 Å². The van der Waals surface area contributed by atoms with Crippen molar-refractivity contribution >= 4 is 44.7 Å². The van der Waals surface area contributed by atoms with Gasteiger partial charge in [-0.25, -0.2) is 9.59 Å². The van der Waals surface area contributed by atoms with Crippen LogP contribution in [-0.2, 0) is 4.74 Å². The van der Waals surface area contributed by atoms with Gasteiger partial charge in [-0.05, 0) is 23.1 Å². The Kier molecular flexibility index (Phi) is 2.95. The molecule has 3 rings (SSSR count). The monoisotopic (exact) mass is 316 g/mol. The lowest BCUT2D eigenvalue weighted by atomic mass is 9.94. The van der Waals surface area contributed by atoms with E-state index < -0.39 is 11.9 Å². The first kappa shape index (κ1) is 12.1. The van der Waals surface area contributed by atoms with Gasteiger partial charge in [0.2, 0.25) is 0 Å². The smallest absolute Gasteiger partial charge is 0.346 e. The summed E-state index contributed by atoms with van der Waals surface area (Å²) in [6, 6.07) is 8.94. The Hall–Kier alpha value is -1.94. The summed E-state index contributed by atoms with van der Waals surface area (Å²) in [7, 11) is 0. The second-order valence-electron chi connectivity index (χ2n) is 4.16. The van der Waals surface area contributed by atoms with Crippen molar-refractivity contribution in [2.75, 3.05) is 5.33 Å². The molecule has 0 saturated carbocycles. The molecule has 0 N–H and O–H groups in total. The molecule has 19 heavy (non-hydrogen) atoms. The number of esters is 2. The van der Waals surface area contributed by atoms with Crippen molar-refractivity contribution in [2.45, 2.75) is 0 Å². The molecule has 0 saturated heterocycles. The second kappa shape index (κ2) is 4.63. The Balaban J connectivity index is 2.38. The summed E-state index contributed by atoms with van der Waals surface area (Å²) in [5, 5.41) is 2.31. The molecule has 1 aliphatic heterocycles. The van der Waals surface area contributed by atoms with Crippen molar-refractivity contribution in [3.63, 3.8) is 0 Å². The number of rotatable bonds is 2. The van der Waals surface area contributed by atoms with Crippen molar-refractivity contribution in [2.24, 2.45) is 0 Å². The highest BCUT2D eigenvalue weighted by Gasteiger charge is 2.27. The van der Waals surface area contributed by atoms with Crippen LogP contribution in [0, 0.1) is 0 Å². The van der Waals surface area contributed by atoms with Gasteiger partial charge in [0.05, 0.1) is 11.1 Å². The quantitative estimate of drug-likeness (QED) is 0.483. The van der Waals surface area contributed by atoms with Crippen LogP contribution in [-0.4, -0.2) is 17.3 Å². The highest BCUT2D eigenvalue weighted by molar-refractivity contribution is 9.09. The molecule has 1 heterocycles. The minimum Gasteiger partial charge on any atom is -0.386 e. The molecule has 0 radical (unpaired) electrons. The van der Waals surface area contributed by atoms with Crippen LogP contribution >= 0.6 is 15.9 Å². The number of benzene rings is 2. The normalized spacial score (nSPS) is 14.2. The van der Waals surface area contributed by atoms with Gasteiger partial charge in [-0.1, -0.05) is 46.3 Å². The number of cyclic esters (lactones) is 2. The van der Waals surface area contributed by atoms with Crippen LogP contribution in [0.1, 0.15) is 26.3 Å². The molecule has 0 fully saturated rings. The highest BCUT2D eigenvalue weighted by atomic mass is 79.9. The van der Waals surface area contributed by atoms with Gasteiger partial charge < -0.3 is 4.74 Å². The fourth-order valence-electron chi connectivity index (χ4n) is 2.28. The Morgan fingerprint density at radius 2 is 1.79 bits per heavy atom. The number of alkyl halides is 1. The van der Waals surface area contributed by atoms with Gasteiger partial charge in [-0.15, -0.1) is 0 Å². The van der Waals surface area contributed by atoms with Gasteiger partial charge in [0.1, 0.15) is 0 Å². The first-order valence-corrected chi connectivity index (χ1v) is 6.89. The van der Waals surface area contributed by atoms with E-state index in [-0.39, 0.29) is 0 Å². The lowest BCUT2D eigenvalue weighted by Crippen LogP contribution is -2.19. The molecule has 3 nitrogen and oxygen atoms in total. The van der Waals surface area contributed by atoms with Crippen molar-refractivity contribution in [1.82, 2.24) is 0 Å². The van der Waals surface area contributed by atoms with Crippen molar-refractivity contribution in [3.05, 3.63) is 53.1 Å². The minimum absolute atomic E-state index is 0.446. The van der Waals surface area contributed by atoms with Gasteiger partial charge in [-0.3, -0.25) is 0 Å². The summed E-state index contributed by atoms with van der Waals surface area (Å²) in [6.07, 6.45) is 3.93. The largest absolute Gasteiger partial charge is 0.386 e. The molecule has 0 aromatic heterocycles. The zero-order valence-electron chi connectivity index (χ0n) is 9.85. The fraction of sp³-hybridized carbons (Fsp3) is 0.0667. The van der Waals surface area contributed by atoms with E-state index >= 15 is 0 Å². The van der Waals surface area contributed by atoms with E-state index in [9.17, 15) is 9.59 Å². The predicted molar refractivity (Wildman–Crippen MR) is 76.5 cm³/mol. The average molecular weight is 317 g/mol. The third-order valence-corrected chi connectivity index (χ3v) is 3.46. The summed E-state index contributed by atoms with van der Waals surface area (Å²) in [4.78, 5) is 23.5. The lowest BCUT2D eigenvalue weighted by molar-refractivity contribution is 0.0391. The van der Waals surface area contributed by atoms with Crippen LogP contribution < -0.4 is 0 Å². The Bertz CT molecular complexity index is 711. The second-order valence-corrected chi connectivity index (χ2v) is 4.81. The zero-order chi connectivity index (χ0) is 13.4. The maximum Gasteiger partial charge on any atom is 0.346 e. The summed E-state index contributed by atoms with van der Waals surface area (Å²) in [6.45, 7) is 0. The molecular weight excluding hydrogens is 308 g/mol. The first-order valence-electron chi connectivity index (χ1n) is 5.77. The van der Waals surface area contributed by atoms with E-state index in [2.05, 4.69) is 15.9 Å². The topological polar surface area (TPSA) is 43.4 Å². The van der Waals surface area contributed by atoms with Crippen LogP contribution in [0.5, 0.6) is 0 Å². The minimum atomic E-state index is -0.579. The van der Waals surface area contributed by atoms with Crippen LogP contribution in [0.15, 0.2) is 36.4 Å². The molecular formula is C15H9BrO3. The molecule has 2 aromatic rings. The van der Waals surface area contributed by atoms with E-state index in [0.29, 0.717) is 16.5 Å². The standard InChI is InChI=1S/C15H9BrO3/c16-8-2-3-9-6-7-12-13-10(9)4-1-5-11(13)14(17)19-15(12)18/h1-7H,8H2. The van der Waals surface area contributed by atoms with E-state index in [1.165, 1.54) is 0 Å². The number of carbonyl (C=O) groups excluding carboxylic acids is 2. The molecule has 4 heteroatoms. The average Bonchev–Trinajstić information content (AvgIpc) is 2.42. The van der Waals surface area contributed by atoms with Crippen LogP contribution in [0.2, 0.25) is 0 Å². The Labute approximate surface area is 118 Å². The van der Waals surface area contributed by atoms with E-state index in [4.69, 9.17) is 4.74 Å². The SMILES string of the molecule is O=C1OC(=O)c2ccc(C=CCBr)c3cccc1c23. The number of hydrogen-bond acceptors (Lipinski definition) is 3. The van der Waals surface area contributed by atoms with Gasteiger partial charge in [0, 0.05) is 10.7 Å². The number of ether oxygens (including phenoxy) is 1. The molecule has 0 bridgehead atoms. The Morgan fingerprint density at radius 1 is 1.05 bits per heavy atom. The third kappa shape index (κ3) is 1.88. The van der Waals surface area contributed by atoms with E-state index in [0.717, 1.165) is 16.3 Å². The molecule has 0 aliphatic carbocycles. The lowest BCUT2D eigenvalue weighted by Gasteiger charge is -2.16. The molecule has 0 atom stereocenters. The van der Waals surface area contributed by atoms with E-state index in [1.807, 2.05) is 24.3 Å². The van der Waals surface area contributed by atoms with Crippen molar-refractivity contribution < 1.29 is 14.3 Å². The predicted octanol–water partition coefficient (Wildman–Crippen LogP) is 3.56. The van der Waals surface area contributed by atoms with Crippen LogP contribution in [0.3, 0.4) is 0 Å². The molecule has 2 aromatic carbocycles. The van der Waals surface area contributed by atoms with Gasteiger partial charge in [-0.2, -0.15) is 0 Å². The molecule has 0 spiro atoms. The maximum absolute atomic E-state index is 11.7. The van der Waals surface area contributed by atoms with Gasteiger partial charge >= 0.3 is 11.9 Å². The summed E-state index contributed by atoms with van der Waals surface area (Å²) >= 11 is 3.33. The summed E-state index contributed by atoms with van der Waals surface area (Å²) in [5.41, 5.74) is 1.87. The molecule has 1 aliphatic rings. The molecule has 94 valence electrons. The number of allylic oxidation sites excluding steroid dienone is 1. The molecule has 0 amide bonds. The molecule has 0 unspecified atom stereocenters. The summed E-state index contributed by atoms with van der Waals surface area (Å²) in [5.74, 6) is -1.16.